The molecule has 0 bridgehead atoms. The fourth-order valence-electron chi connectivity index (χ4n) is 11.4. The number of benzene rings is 3. The molecule has 2 aromatic carbocycles. The first-order valence-electron chi connectivity index (χ1n) is 21.1. The molecule has 1 aliphatic heterocycles. The second kappa shape index (κ2) is 16.0. The van der Waals surface area contributed by atoms with Crippen molar-refractivity contribution >= 4 is 40.0 Å². The molecular weight excluding hydrogens is 764 g/mol. The van der Waals surface area contributed by atoms with Crippen LogP contribution in [0.1, 0.15) is 84.0 Å². The van der Waals surface area contributed by atoms with Crippen molar-refractivity contribution in [3.8, 4) is 22.5 Å². The smallest absolute Gasteiger partial charge is 0.339 e. The molecule has 3 saturated carbocycles. The molecule has 2 aromatic rings. The first-order valence-corrected chi connectivity index (χ1v) is 21.1. The average molecular weight is 819 g/mol. The molecule has 0 radical (unpaired) electrons. The summed E-state index contributed by atoms with van der Waals surface area (Å²) >= 11 is 0. The van der Waals surface area contributed by atoms with Crippen LogP contribution < -0.4 is 27.2 Å². The number of Topliss-reactive ketones (excluding diaryl/α,β-unsaturated/α-hetero) is 2. The van der Waals surface area contributed by atoms with Gasteiger partial charge in [0.1, 0.15) is 35.8 Å². The van der Waals surface area contributed by atoms with Gasteiger partial charge >= 0.3 is 5.97 Å². The molecule has 1 N–H and O–H groups in total. The number of ether oxygens (including phenoxy) is 1. The highest BCUT2D eigenvalue weighted by atomic mass is 35.5. The third-order valence-corrected chi connectivity index (χ3v) is 14.6. The van der Waals surface area contributed by atoms with Crippen LogP contribution in [0.5, 0.6) is 0 Å². The third kappa shape index (κ3) is 6.69. The summed E-state index contributed by atoms with van der Waals surface area (Å²) in [7, 11) is 0. The van der Waals surface area contributed by atoms with Gasteiger partial charge in [0.05, 0.1) is 11.6 Å². The minimum absolute atomic E-state index is 0. The number of allylic oxidation sites excluding steroid dienone is 4. The number of hydrogen-bond donors (Lipinski definition) is 1. The predicted octanol–water partition coefficient (Wildman–Crippen LogP) is 4.81. The first-order chi connectivity index (χ1) is 27.8. The van der Waals surface area contributed by atoms with Gasteiger partial charge in [-0.2, -0.15) is 0 Å². The molecule has 0 amide bonds. The van der Waals surface area contributed by atoms with Crippen molar-refractivity contribution < 1.29 is 45.8 Å². The zero-order chi connectivity index (χ0) is 41.1. The molecule has 6 aliphatic rings. The van der Waals surface area contributed by atoms with Gasteiger partial charge in [-0.05, 0) is 107 Å². The molecule has 0 saturated heterocycles. The zero-order valence-electron chi connectivity index (χ0n) is 35.0. The lowest BCUT2D eigenvalue weighted by Gasteiger charge is -2.56. The number of esters is 1. The lowest BCUT2D eigenvalue weighted by Crippen LogP contribution is -3.00. The number of rotatable bonds is 10. The van der Waals surface area contributed by atoms with Crippen LogP contribution in [0.3, 0.4) is 0 Å². The Morgan fingerprint density at radius 2 is 1.69 bits per heavy atom. The Bertz CT molecular complexity index is 2460. The molecule has 1 heterocycles. The number of fused-ring (bicyclic) bond motifs is 7. The normalized spacial score (nSPS) is 27.0. The number of nitrogens with zero attached hydrogens (tertiary/aromatic N) is 2. The maximum absolute atomic E-state index is 14.2. The molecule has 0 unspecified atom stereocenters. The Morgan fingerprint density at radius 3 is 2.42 bits per heavy atom. The van der Waals surface area contributed by atoms with E-state index < -0.39 is 34.8 Å². The second-order valence-electron chi connectivity index (χ2n) is 17.2. The molecule has 59 heavy (non-hydrogen) atoms. The highest BCUT2D eigenvalue weighted by molar-refractivity contribution is 6.08. The summed E-state index contributed by atoms with van der Waals surface area (Å²) in [6, 6.07) is 19.6. The summed E-state index contributed by atoms with van der Waals surface area (Å²) in [4.78, 5) is 57.0. The number of ketones is 3. The number of anilines is 1. The topological polar surface area (TPSA) is 117 Å². The van der Waals surface area contributed by atoms with E-state index >= 15 is 0 Å². The van der Waals surface area contributed by atoms with Crippen molar-refractivity contribution in [2.24, 2.45) is 28.6 Å². The van der Waals surface area contributed by atoms with Crippen LogP contribution in [0.2, 0.25) is 0 Å². The van der Waals surface area contributed by atoms with Crippen molar-refractivity contribution in [3.05, 3.63) is 95.4 Å². The Morgan fingerprint density at radius 1 is 0.949 bits per heavy atom. The van der Waals surface area contributed by atoms with Crippen LogP contribution >= 0.6 is 0 Å². The summed E-state index contributed by atoms with van der Waals surface area (Å²) in [5, 5.41) is 14.2. The molecule has 9 nitrogen and oxygen atoms in total. The summed E-state index contributed by atoms with van der Waals surface area (Å²) in [6.07, 6.45) is 7.41. The van der Waals surface area contributed by atoms with E-state index in [4.69, 9.17) is 9.15 Å². The van der Waals surface area contributed by atoms with Gasteiger partial charge in [0.15, 0.2) is 12.4 Å². The summed E-state index contributed by atoms with van der Waals surface area (Å²) in [5.41, 5.74) is 1.94. The monoisotopic (exact) mass is 818 g/mol. The van der Waals surface area contributed by atoms with Crippen LogP contribution in [0.15, 0.2) is 88.9 Å². The lowest BCUT2D eigenvalue weighted by molar-refractivity contribution is -0.169. The molecule has 8 rings (SSSR count). The second-order valence-corrected chi connectivity index (χ2v) is 17.2. The molecule has 10 heteroatoms. The van der Waals surface area contributed by atoms with E-state index in [0.29, 0.717) is 35.3 Å². The minimum Gasteiger partial charge on any atom is -1.00 e. The predicted molar refractivity (Wildman–Crippen MR) is 225 cm³/mol. The van der Waals surface area contributed by atoms with Gasteiger partial charge in [0.2, 0.25) is 11.1 Å². The number of hydrogen-bond acceptors (Lipinski definition) is 8. The van der Waals surface area contributed by atoms with Gasteiger partial charge in [-0.15, -0.1) is 0 Å². The van der Waals surface area contributed by atoms with E-state index in [0.717, 1.165) is 65.7 Å². The SMILES string of the molecule is CCN(CC)c1ccc2c(-c3ccccc3C(=O)OCC(=O)[C@@]3(O)CC[C@H]4[C@@H]5CCC6=CC(=O)C=C[C@@]6(C)[C@H]5C(=O)C[C@@]43C)c3ccc(=[N+](CC)CC)cc-3oc2c1.[Cl-]. The first kappa shape index (κ1) is 42.3. The minimum atomic E-state index is -1.83. The summed E-state index contributed by atoms with van der Waals surface area (Å²) < 4.78 is 14.8. The number of carbonyl (C=O) groups is 4. The molecule has 0 aromatic heterocycles. The largest absolute Gasteiger partial charge is 1.00 e. The third-order valence-electron chi connectivity index (χ3n) is 14.6. The van der Waals surface area contributed by atoms with E-state index in [1.807, 2.05) is 44.2 Å². The van der Waals surface area contributed by atoms with Crippen molar-refractivity contribution in [1.29, 1.82) is 0 Å². The molecular formula is C49H55ClN2O7. The highest BCUT2D eigenvalue weighted by Gasteiger charge is 2.68. The average Bonchev–Trinajstić information content (AvgIpc) is 3.49. The van der Waals surface area contributed by atoms with Crippen molar-refractivity contribution in [2.45, 2.75) is 79.2 Å². The number of halogens is 1. The van der Waals surface area contributed by atoms with Gasteiger partial charge in [-0.25, -0.2) is 9.37 Å². The van der Waals surface area contributed by atoms with Gasteiger partial charge in [0.25, 0.3) is 0 Å². The molecule has 310 valence electrons. The van der Waals surface area contributed by atoms with E-state index in [2.05, 4.69) is 61.4 Å². The fraction of sp³-hybridized carbons (Fsp3) is 0.449. The zero-order valence-corrected chi connectivity index (χ0v) is 35.7. The van der Waals surface area contributed by atoms with Crippen LogP contribution in [0, 0.1) is 28.6 Å². The summed E-state index contributed by atoms with van der Waals surface area (Å²) in [5.74, 6) is -1.02. The lowest BCUT2D eigenvalue weighted by atomic mass is 9.46. The van der Waals surface area contributed by atoms with E-state index in [9.17, 15) is 24.3 Å². The van der Waals surface area contributed by atoms with E-state index in [1.165, 1.54) is 0 Å². The van der Waals surface area contributed by atoms with Gasteiger partial charge in [0, 0.05) is 70.6 Å². The maximum Gasteiger partial charge on any atom is 0.339 e. The van der Waals surface area contributed by atoms with Crippen molar-refractivity contribution in [3.63, 3.8) is 0 Å². The summed E-state index contributed by atoms with van der Waals surface area (Å²) in [6.45, 7) is 15.1. The van der Waals surface area contributed by atoms with Gasteiger partial charge in [-0.1, -0.05) is 43.7 Å². The fourth-order valence-corrected chi connectivity index (χ4v) is 11.4. The van der Waals surface area contributed by atoms with E-state index in [1.54, 1.807) is 24.3 Å². The molecule has 3 fully saturated rings. The number of carbonyl (C=O) groups excluding carboxylic acids is 4. The van der Waals surface area contributed by atoms with Crippen LogP contribution in [-0.4, -0.2) is 66.8 Å². The maximum atomic E-state index is 14.2. The Balaban J connectivity index is 0.00000528. The van der Waals surface area contributed by atoms with Crippen molar-refractivity contribution in [2.75, 3.05) is 37.7 Å². The molecule has 0 spiro atoms. The Labute approximate surface area is 352 Å². The van der Waals surface area contributed by atoms with Crippen LogP contribution in [0.25, 0.3) is 33.4 Å². The molecule has 6 atom stereocenters. The molecule has 5 aliphatic carbocycles. The van der Waals surface area contributed by atoms with E-state index in [-0.39, 0.29) is 54.6 Å². The van der Waals surface area contributed by atoms with Crippen LogP contribution in [-0.2, 0) is 19.1 Å². The van der Waals surface area contributed by atoms with Gasteiger partial charge < -0.3 is 31.6 Å². The Hall–Kier alpha value is -4.86. The Kier molecular flexibility index (Phi) is 11.4. The number of aliphatic hydroxyl groups is 1. The highest BCUT2D eigenvalue weighted by Crippen LogP contribution is 2.66. The van der Waals surface area contributed by atoms with Gasteiger partial charge in [-0.3, -0.25) is 14.4 Å². The standard InChI is InChI=1S/C49H55N2O7.ClH/c1-7-50(8-2)31-16-19-37-41(26-31)58-42-27-32(51(9-3)10-4)17-20-38(42)44(37)34-13-11-12-14-35(34)46(55)57-29-43(54)49(56)24-22-39-36-18-15-30-25-33(52)21-23-47(30,5)45(36)40(53)28-48(39,49)6;/h11-14,16-17,19-21,23,25-27,36,39,45,56H,7-10,15,18,22,24,28-29H2,1-6H3;1H/q+1;/p-1/t36-,39-,45+,47+,48-,49-;/m0./s1. The quantitative estimate of drug-likeness (QED) is 0.138. The van der Waals surface area contributed by atoms with Crippen LogP contribution in [0.4, 0.5) is 5.69 Å². The van der Waals surface area contributed by atoms with Crippen molar-refractivity contribution in [1.82, 2.24) is 4.58 Å².